The molecule has 1 aliphatic heterocycles. The lowest BCUT2D eigenvalue weighted by atomic mass is 9.95. The van der Waals surface area contributed by atoms with E-state index in [9.17, 15) is 30.4 Å². The molecule has 1 aliphatic rings. The van der Waals surface area contributed by atoms with Gasteiger partial charge in [-0.1, -0.05) is 0 Å². The highest BCUT2D eigenvalue weighted by atomic mass is 32.2. The second kappa shape index (κ2) is 6.04. The molecule has 0 aromatic heterocycles. The van der Waals surface area contributed by atoms with Crippen LogP contribution < -0.4 is 5.32 Å². The normalized spacial score (nSPS) is 21.6. The number of hydrogen-bond donors (Lipinski definition) is 1. The first kappa shape index (κ1) is 18.1. The highest BCUT2D eigenvalue weighted by Crippen LogP contribution is 2.45. The maximum absolute atomic E-state index is 13.7. The number of piperidine rings is 1. The first-order chi connectivity index (χ1) is 9.50. The molecular formula is C11H15F5N2O2S. The van der Waals surface area contributed by atoms with Crippen molar-refractivity contribution in [2.75, 3.05) is 13.1 Å². The van der Waals surface area contributed by atoms with Gasteiger partial charge in [0.1, 0.15) is 0 Å². The smallest absolute Gasteiger partial charge is 0.317 e. The van der Waals surface area contributed by atoms with Gasteiger partial charge in [-0.2, -0.15) is 22.8 Å². The SMILES string of the molecule is CC(F)C(F)(F)C(F)(F)S(=O)(=O)C(C#N)C1CCNCC1. The summed E-state index contributed by atoms with van der Waals surface area (Å²) in [7, 11) is -5.87. The number of nitrogens with one attached hydrogen (secondary N) is 1. The number of alkyl halides is 5. The molecule has 10 heteroatoms. The Morgan fingerprint density at radius 3 is 2.10 bits per heavy atom. The van der Waals surface area contributed by atoms with Gasteiger partial charge in [-0.15, -0.1) is 0 Å². The summed E-state index contributed by atoms with van der Waals surface area (Å²) < 4.78 is 90.2. The Morgan fingerprint density at radius 1 is 1.24 bits per heavy atom. The third kappa shape index (κ3) is 2.99. The van der Waals surface area contributed by atoms with Gasteiger partial charge in [0.2, 0.25) is 9.84 Å². The maximum atomic E-state index is 13.7. The highest BCUT2D eigenvalue weighted by molar-refractivity contribution is 7.93. The standard InChI is InChI=1S/C11H15F5N2O2S/c1-7(12)10(13,14)11(15,16)21(19,20)9(6-17)8-2-4-18-5-3-8/h7-9,18H,2-5H2,1H3. The Kier molecular flexibility index (Phi) is 5.21. The average molecular weight is 334 g/mol. The number of nitriles is 1. The number of nitrogens with zero attached hydrogens (tertiary/aromatic N) is 1. The van der Waals surface area contributed by atoms with Gasteiger partial charge in [0.15, 0.2) is 11.4 Å². The lowest BCUT2D eigenvalue weighted by Gasteiger charge is -2.32. The summed E-state index contributed by atoms with van der Waals surface area (Å²) in [5.41, 5.74) is 0. The first-order valence-electron chi connectivity index (χ1n) is 6.23. The molecule has 1 fully saturated rings. The van der Waals surface area contributed by atoms with Crippen molar-refractivity contribution in [3.8, 4) is 6.07 Å². The Balaban J connectivity index is 3.21. The zero-order valence-corrected chi connectivity index (χ0v) is 11.9. The van der Waals surface area contributed by atoms with Gasteiger partial charge in [-0.25, -0.2) is 12.8 Å². The fourth-order valence-corrected chi connectivity index (χ4v) is 3.93. The van der Waals surface area contributed by atoms with Crippen molar-refractivity contribution in [3.63, 3.8) is 0 Å². The van der Waals surface area contributed by atoms with E-state index in [1.54, 1.807) is 0 Å². The van der Waals surface area contributed by atoms with E-state index in [-0.39, 0.29) is 19.8 Å². The van der Waals surface area contributed by atoms with Gasteiger partial charge < -0.3 is 5.32 Å². The summed E-state index contributed by atoms with van der Waals surface area (Å²) in [6.07, 6.45) is -3.19. The minimum absolute atomic E-state index is 0.0876. The van der Waals surface area contributed by atoms with Crippen molar-refractivity contribution in [3.05, 3.63) is 0 Å². The van der Waals surface area contributed by atoms with Crippen LogP contribution in [0.2, 0.25) is 0 Å². The van der Waals surface area contributed by atoms with Gasteiger partial charge in [-0.05, 0) is 38.8 Å². The molecule has 4 nitrogen and oxygen atoms in total. The Hall–Kier alpha value is -0.950. The number of halogens is 5. The highest BCUT2D eigenvalue weighted by Gasteiger charge is 2.70. The molecule has 0 amide bonds. The molecule has 0 bridgehead atoms. The van der Waals surface area contributed by atoms with Crippen LogP contribution in [0.1, 0.15) is 19.8 Å². The van der Waals surface area contributed by atoms with Crippen LogP contribution in [0.3, 0.4) is 0 Å². The fourth-order valence-electron chi connectivity index (χ4n) is 2.16. The molecule has 2 atom stereocenters. The van der Waals surface area contributed by atoms with Crippen LogP contribution in [0.25, 0.3) is 0 Å². The maximum Gasteiger partial charge on any atom is 0.411 e. The predicted molar refractivity (Wildman–Crippen MR) is 64.4 cm³/mol. The fraction of sp³-hybridized carbons (Fsp3) is 0.909. The molecule has 1 saturated heterocycles. The van der Waals surface area contributed by atoms with E-state index < -0.39 is 38.4 Å². The van der Waals surface area contributed by atoms with Crippen LogP contribution in [-0.4, -0.2) is 44.1 Å². The Labute approximate surface area is 119 Å². The van der Waals surface area contributed by atoms with Gasteiger partial charge in [-0.3, -0.25) is 0 Å². The van der Waals surface area contributed by atoms with Crippen molar-refractivity contribution in [1.82, 2.24) is 5.32 Å². The quantitative estimate of drug-likeness (QED) is 0.780. The van der Waals surface area contributed by atoms with Crippen LogP contribution in [0.4, 0.5) is 22.0 Å². The van der Waals surface area contributed by atoms with E-state index in [4.69, 9.17) is 5.26 Å². The molecule has 2 unspecified atom stereocenters. The molecule has 1 rings (SSSR count). The molecule has 0 radical (unpaired) electrons. The third-order valence-corrected chi connectivity index (χ3v) is 5.66. The van der Waals surface area contributed by atoms with Crippen LogP contribution in [0.15, 0.2) is 0 Å². The van der Waals surface area contributed by atoms with Gasteiger partial charge >= 0.3 is 11.2 Å². The molecule has 0 saturated carbocycles. The molecule has 122 valence electrons. The Morgan fingerprint density at radius 2 is 1.71 bits per heavy atom. The molecule has 0 aromatic rings. The predicted octanol–water partition coefficient (Wildman–Crippen LogP) is 1.88. The van der Waals surface area contributed by atoms with Gasteiger partial charge in [0, 0.05) is 0 Å². The van der Waals surface area contributed by atoms with Gasteiger partial charge in [0.25, 0.3) is 0 Å². The zero-order valence-electron chi connectivity index (χ0n) is 11.1. The van der Waals surface area contributed by atoms with Crippen molar-refractivity contribution < 1.29 is 30.4 Å². The summed E-state index contributed by atoms with van der Waals surface area (Å²) in [5.74, 6) is -6.38. The van der Waals surface area contributed by atoms with Crippen LogP contribution in [-0.2, 0) is 9.84 Å². The summed E-state index contributed by atoms with van der Waals surface area (Å²) >= 11 is 0. The first-order valence-corrected chi connectivity index (χ1v) is 7.78. The zero-order chi connectivity index (χ0) is 16.5. The average Bonchev–Trinajstić information content (AvgIpc) is 2.39. The monoisotopic (exact) mass is 334 g/mol. The largest absolute Gasteiger partial charge is 0.411 e. The Bertz CT molecular complexity index is 509. The molecule has 1 N–H and O–H groups in total. The summed E-state index contributed by atoms with van der Waals surface area (Å²) in [6, 6.07) is 1.18. The van der Waals surface area contributed by atoms with E-state index in [0.29, 0.717) is 13.1 Å². The van der Waals surface area contributed by atoms with E-state index in [0.717, 1.165) is 0 Å². The van der Waals surface area contributed by atoms with Crippen LogP contribution in [0, 0.1) is 17.2 Å². The van der Waals surface area contributed by atoms with Crippen molar-refractivity contribution in [2.45, 2.75) is 42.4 Å². The topological polar surface area (TPSA) is 70.0 Å². The summed E-state index contributed by atoms with van der Waals surface area (Å²) in [5, 5.41) is 3.76. The summed E-state index contributed by atoms with van der Waals surface area (Å²) in [4.78, 5) is 0. The molecule has 0 aliphatic carbocycles. The van der Waals surface area contributed by atoms with Crippen LogP contribution in [0.5, 0.6) is 0 Å². The van der Waals surface area contributed by atoms with Crippen molar-refractivity contribution in [1.29, 1.82) is 5.26 Å². The molecular weight excluding hydrogens is 319 g/mol. The van der Waals surface area contributed by atoms with E-state index in [1.165, 1.54) is 6.07 Å². The molecule has 1 heterocycles. The number of rotatable bonds is 5. The number of sulfone groups is 1. The van der Waals surface area contributed by atoms with Crippen molar-refractivity contribution >= 4 is 9.84 Å². The minimum atomic E-state index is -5.87. The van der Waals surface area contributed by atoms with Crippen LogP contribution >= 0.6 is 0 Å². The van der Waals surface area contributed by atoms with E-state index >= 15 is 0 Å². The second-order valence-electron chi connectivity index (χ2n) is 4.94. The second-order valence-corrected chi connectivity index (χ2v) is 7.05. The third-order valence-electron chi connectivity index (χ3n) is 3.52. The molecule has 0 aromatic carbocycles. The molecule has 0 spiro atoms. The lowest BCUT2D eigenvalue weighted by molar-refractivity contribution is -0.190. The lowest BCUT2D eigenvalue weighted by Crippen LogP contribution is -2.56. The van der Waals surface area contributed by atoms with E-state index in [1.807, 2.05) is 0 Å². The van der Waals surface area contributed by atoms with Gasteiger partial charge in [0.05, 0.1) is 6.07 Å². The van der Waals surface area contributed by atoms with Crippen molar-refractivity contribution in [2.24, 2.45) is 5.92 Å². The van der Waals surface area contributed by atoms with E-state index in [2.05, 4.69) is 5.32 Å². The minimum Gasteiger partial charge on any atom is -0.317 e. The number of hydrogen-bond acceptors (Lipinski definition) is 4. The molecule has 21 heavy (non-hydrogen) atoms. The summed E-state index contributed by atoms with van der Waals surface area (Å²) in [6.45, 7) is 0.731.